The Morgan fingerprint density at radius 1 is 1.24 bits per heavy atom. The van der Waals surface area contributed by atoms with Crippen molar-refractivity contribution in [1.82, 2.24) is 19.4 Å². The van der Waals surface area contributed by atoms with E-state index in [0.29, 0.717) is 49.7 Å². The number of piperidine rings is 1. The van der Waals surface area contributed by atoms with Crippen molar-refractivity contribution in [2.75, 3.05) is 33.0 Å². The van der Waals surface area contributed by atoms with Gasteiger partial charge < -0.3 is 0 Å². The van der Waals surface area contributed by atoms with E-state index in [0.717, 1.165) is 65.7 Å². The maximum atomic E-state index is 12.0. The third kappa shape index (κ3) is 5.29. The number of benzene rings is 1. The molecule has 0 saturated carbocycles. The summed E-state index contributed by atoms with van der Waals surface area (Å²) in [6.07, 6.45) is 5.46. The predicted molar refractivity (Wildman–Crippen MR) is 135 cm³/mol. The van der Waals surface area contributed by atoms with Gasteiger partial charge in [0.1, 0.15) is 0 Å². The quantitative estimate of drug-likeness (QED) is 0.368. The van der Waals surface area contributed by atoms with Gasteiger partial charge in [0.05, 0.1) is 0 Å². The molecule has 1 aliphatic rings. The van der Waals surface area contributed by atoms with Gasteiger partial charge in [-0.1, -0.05) is 6.92 Å². The molecule has 34 heavy (non-hydrogen) atoms. The second-order valence-electron chi connectivity index (χ2n) is 8.42. The first-order chi connectivity index (χ1) is 16.4. The standard InChI is InChI=1S/C24H30N5O3S.Tl/c1-4-21(30)28-12-8-16(9-13-28)10-14-29-18-7-11-26-23(25)22(18)27-24(29)33-17-5-6-19(31-2)20(15-17)32-3;/h6-7,11,15-16H,4,8-10,12-14H2,1-3H3,(H2,25,26);. The number of methoxy groups -OCH3 is 2. The Balaban J connectivity index is 1.58. The first kappa shape index (κ1) is 25.1. The SMILES string of the molecule is CCC(=O)N1CCC(CCn2c(Sc3cc(OC)c(OC)c[c]3[Tl])nc3c(N)nccc32)CC1. The Morgan fingerprint density at radius 2 is 1.94 bits per heavy atom. The van der Waals surface area contributed by atoms with Crippen LogP contribution in [-0.4, -0.2) is 78.4 Å². The molecule has 4 rings (SSSR count). The minimum atomic E-state index is 0.260. The Bertz CT molecular complexity index is 1180. The summed E-state index contributed by atoms with van der Waals surface area (Å²) in [7, 11) is 3.31. The molecule has 0 bridgehead atoms. The van der Waals surface area contributed by atoms with Gasteiger partial charge >= 0.3 is 203 Å². The summed E-state index contributed by atoms with van der Waals surface area (Å²) in [5.41, 5.74) is 7.93. The number of anilines is 1. The summed E-state index contributed by atoms with van der Waals surface area (Å²) in [5.74, 6) is 2.76. The van der Waals surface area contributed by atoms with Crippen molar-refractivity contribution in [3.63, 3.8) is 0 Å². The van der Waals surface area contributed by atoms with Gasteiger partial charge in [0.25, 0.3) is 0 Å². The van der Waals surface area contributed by atoms with Crippen LogP contribution >= 0.6 is 11.8 Å². The molecule has 0 spiro atoms. The fourth-order valence-corrected chi connectivity index (χ4v) is 6.99. The molecule has 1 amide bonds. The third-order valence-electron chi connectivity index (χ3n) is 6.41. The Labute approximate surface area is 220 Å². The number of ether oxygens (including phenoxy) is 2. The minimum absolute atomic E-state index is 0.260. The molecule has 3 aromatic rings. The van der Waals surface area contributed by atoms with Crippen LogP contribution in [0.4, 0.5) is 5.82 Å². The summed E-state index contributed by atoms with van der Waals surface area (Å²) in [4.78, 5) is 24.3. The maximum absolute atomic E-state index is 12.0. The average Bonchev–Trinajstić information content (AvgIpc) is 3.21. The van der Waals surface area contributed by atoms with Crippen LogP contribution in [0.2, 0.25) is 0 Å². The summed E-state index contributed by atoms with van der Waals surface area (Å²) in [6.45, 7) is 4.50. The first-order valence-corrected chi connectivity index (χ1v) is 14.6. The van der Waals surface area contributed by atoms with Crippen LogP contribution in [0.25, 0.3) is 11.0 Å². The molecule has 1 saturated heterocycles. The van der Waals surface area contributed by atoms with Gasteiger partial charge in [-0.15, -0.1) is 0 Å². The number of hydrogen-bond acceptors (Lipinski definition) is 7. The van der Waals surface area contributed by atoms with Crippen LogP contribution in [0.15, 0.2) is 34.4 Å². The van der Waals surface area contributed by atoms with Crippen LogP contribution in [0, 0.1) is 5.92 Å². The second-order valence-corrected chi connectivity index (χ2v) is 11.9. The van der Waals surface area contributed by atoms with E-state index in [-0.39, 0.29) is 5.91 Å². The number of fused-ring (bicyclic) bond motifs is 1. The number of likely N-dealkylation sites (tertiary alicyclic amines) is 1. The molecular formula is C24H30N5O3STl. The zero-order valence-corrected chi connectivity index (χ0v) is 25.2. The number of nitrogens with two attached hydrogens (primary N) is 1. The van der Waals surface area contributed by atoms with E-state index in [1.807, 2.05) is 24.0 Å². The van der Waals surface area contributed by atoms with E-state index in [1.165, 1.54) is 3.12 Å². The number of hydrogen-bond donors (Lipinski definition) is 1. The van der Waals surface area contributed by atoms with E-state index < -0.39 is 0 Å². The summed E-state index contributed by atoms with van der Waals surface area (Å²) in [6, 6.07) is 6.08. The van der Waals surface area contributed by atoms with E-state index >= 15 is 0 Å². The molecule has 2 aromatic heterocycles. The number of aryl methyl sites for hydroxylation is 1. The van der Waals surface area contributed by atoms with Crippen molar-refractivity contribution in [1.29, 1.82) is 0 Å². The van der Waals surface area contributed by atoms with Crippen LogP contribution < -0.4 is 18.3 Å². The van der Waals surface area contributed by atoms with Gasteiger partial charge in [-0.3, -0.25) is 4.79 Å². The summed E-state index contributed by atoms with van der Waals surface area (Å²) >= 11 is 2.27. The molecule has 0 radical (unpaired) electrons. The van der Waals surface area contributed by atoms with Gasteiger partial charge in [-0.25, -0.2) is 0 Å². The fourth-order valence-electron chi connectivity index (χ4n) is 4.41. The Kier molecular flexibility index (Phi) is 8.23. The van der Waals surface area contributed by atoms with Gasteiger partial charge in [-0.2, -0.15) is 0 Å². The van der Waals surface area contributed by atoms with Crippen LogP contribution in [0.3, 0.4) is 0 Å². The number of carbonyl (C=O) groups is 1. The molecule has 0 aliphatic carbocycles. The number of pyridine rings is 1. The zero-order chi connectivity index (χ0) is 24.2. The monoisotopic (exact) mass is 673 g/mol. The summed E-state index contributed by atoms with van der Waals surface area (Å²) < 4.78 is 14.5. The second kappa shape index (κ2) is 11.1. The van der Waals surface area contributed by atoms with E-state index in [4.69, 9.17) is 20.2 Å². The predicted octanol–water partition coefficient (Wildman–Crippen LogP) is 3.01. The number of aromatic nitrogens is 3. The van der Waals surface area contributed by atoms with E-state index in [1.54, 1.807) is 32.2 Å². The average molecular weight is 673 g/mol. The molecule has 0 unspecified atom stereocenters. The van der Waals surface area contributed by atoms with Crippen molar-refractivity contribution in [3.8, 4) is 11.5 Å². The molecule has 2 N–H and O–H groups in total. The molecule has 178 valence electrons. The summed E-state index contributed by atoms with van der Waals surface area (Å²) in [5, 5.41) is 0.905. The van der Waals surface area contributed by atoms with Gasteiger partial charge in [0.15, 0.2) is 0 Å². The molecule has 3 heterocycles. The topological polar surface area (TPSA) is 95.5 Å². The fraction of sp³-hybridized carbons (Fsp3) is 0.458. The number of nitrogens with zero attached hydrogens (tertiary/aromatic N) is 4. The number of amides is 1. The van der Waals surface area contributed by atoms with Gasteiger partial charge in [0, 0.05) is 6.42 Å². The number of imidazole rings is 1. The molecule has 1 fully saturated rings. The van der Waals surface area contributed by atoms with Gasteiger partial charge in [0.2, 0.25) is 0 Å². The van der Waals surface area contributed by atoms with Crippen LogP contribution in [-0.2, 0) is 11.3 Å². The van der Waals surface area contributed by atoms with Crippen LogP contribution in [0.5, 0.6) is 11.5 Å². The van der Waals surface area contributed by atoms with E-state index in [9.17, 15) is 4.79 Å². The molecule has 1 aromatic carbocycles. The first-order valence-electron chi connectivity index (χ1n) is 11.5. The Morgan fingerprint density at radius 3 is 2.62 bits per heavy atom. The molecule has 1 aliphatic heterocycles. The Hall–Kier alpha value is -2.02. The zero-order valence-electron chi connectivity index (χ0n) is 19.9. The number of rotatable bonds is 8. The molecule has 8 nitrogen and oxygen atoms in total. The number of nitrogen functional groups attached to an aromatic ring is 1. The molecular weight excluding hydrogens is 643 g/mol. The van der Waals surface area contributed by atoms with Crippen molar-refractivity contribution in [2.45, 2.75) is 49.2 Å². The molecule has 10 heteroatoms. The third-order valence-corrected chi connectivity index (χ3v) is 10.1. The normalized spacial score (nSPS) is 14.5. The van der Waals surface area contributed by atoms with Crippen LogP contribution in [0.1, 0.15) is 32.6 Å². The van der Waals surface area contributed by atoms with Gasteiger partial charge in [-0.05, 0) is 0 Å². The van der Waals surface area contributed by atoms with Crippen molar-refractivity contribution < 1.29 is 14.3 Å². The molecule has 0 atom stereocenters. The number of carbonyl (C=O) groups excluding carboxylic acids is 1. The van der Waals surface area contributed by atoms with Crippen molar-refractivity contribution in [3.05, 3.63) is 24.4 Å². The van der Waals surface area contributed by atoms with Crippen molar-refractivity contribution >= 4 is 63.4 Å². The van der Waals surface area contributed by atoms with E-state index in [2.05, 4.69) is 15.6 Å². The van der Waals surface area contributed by atoms with Crippen molar-refractivity contribution in [2.24, 2.45) is 5.92 Å².